The van der Waals surface area contributed by atoms with Gasteiger partial charge in [0.2, 0.25) is 5.91 Å². The van der Waals surface area contributed by atoms with Crippen LogP contribution in [0.4, 0.5) is 5.82 Å². The van der Waals surface area contributed by atoms with Crippen molar-refractivity contribution in [3.63, 3.8) is 0 Å². The molecule has 0 atom stereocenters. The van der Waals surface area contributed by atoms with Gasteiger partial charge < -0.3 is 15.0 Å². The Bertz CT molecular complexity index is 934. The van der Waals surface area contributed by atoms with Crippen molar-refractivity contribution >= 4 is 17.5 Å². The minimum absolute atomic E-state index is 0.161. The number of aromatic nitrogens is 4. The van der Waals surface area contributed by atoms with Crippen LogP contribution in [0.5, 0.6) is 0 Å². The van der Waals surface area contributed by atoms with E-state index in [9.17, 15) is 4.79 Å². The average Bonchev–Trinajstić information content (AvgIpc) is 3.22. The summed E-state index contributed by atoms with van der Waals surface area (Å²) >= 11 is 0. The molecule has 1 aliphatic heterocycles. The second kappa shape index (κ2) is 8.35. The maximum Gasteiger partial charge on any atom is 0.254 e. The molecular formula is C20H24N6O2. The number of fused-ring (bicyclic) bond motifs is 1. The highest BCUT2D eigenvalue weighted by Crippen LogP contribution is 2.23. The molecule has 0 saturated carbocycles. The number of piperidine rings is 1. The van der Waals surface area contributed by atoms with Crippen LogP contribution in [0, 0.1) is 0 Å². The molecule has 146 valence electrons. The van der Waals surface area contributed by atoms with Gasteiger partial charge in [0.25, 0.3) is 5.78 Å². The van der Waals surface area contributed by atoms with Crippen molar-refractivity contribution < 1.29 is 9.53 Å². The van der Waals surface area contributed by atoms with Gasteiger partial charge in [0.05, 0.1) is 18.7 Å². The molecule has 0 radical (unpaired) electrons. The van der Waals surface area contributed by atoms with E-state index in [1.54, 1.807) is 11.6 Å². The van der Waals surface area contributed by atoms with E-state index in [0.717, 1.165) is 43.0 Å². The first-order valence-corrected chi connectivity index (χ1v) is 9.54. The van der Waals surface area contributed by atoms with Gasteiger partial charge in [0.15, 0.2) is 0 Å². The average molecular weight is 380 g/mol. The number of anilines is 1. The van der Waals surface area contributed by atoms with Crippen LogP contribution < -0.4 is 5.32 Å². The van der Waals surface area contributed by atoms with Crippen molar-refractivity contribution in [2.24, 2.45) is 0 Å². The van der Waals surface area contributed by atoms with Crippen LogP contribution in [-0.4, -0.2) is 63.2 Å². The van der Waals surface area contributed by atoms with Crippen molar-refractivity contribution in [2.45, 2.75) is 25.3 Å². The molecule has 1 aliphatic rings. The molecule has 1 N–H and O–H groups in total. The van der Waals surface area contributed by atoms with Crippen molar-refractivity contribution in [2.75, 3.05) is 32.1 Å². The molecular weight excluding hydrogens is 356 g/mol. The van der Waals surface area contributed by atoms with E-state index in [2.05, 4.69) is 20.4 Å². The summed E-state index contributed by atoms with van der Waals surface area (Å²) in [4.78, 5) is 22.9. The van der Waals surface area contributed by atoms with Gasteiger partial charge in [-0.15, -0.1) is 0 Å². The topological polar surface area (TPSA) is 84.6 Å². The van der Waals surface area contributed by atoms with Gasteiger partial charge in [0, 0.05) is 37.9 Å². The number of amides is 1. The smallest absolute Gasteiger partial charge is 0.254 e. The highest BCUT2D eigenvalue weighted by atomic mass is 16.5. The fraction of sp³-hybridized carbons (Fsp3) is 0.400. The maximum absolute atomic E-state index is 12.2. The van der Waals surface area contributed by atoms with Crippen LogP contribution in [-0.2, 0) is 9.53 Å². The SMILES string of the molecule is COCCC(=O)N1CCC(Nc2cc(-c3ccccc3)nc3ncnn23)CC1. The number of carbonyl (C=O) groups excluding carboxylic acids is 1. The van der Waals surface area contributed by atoms with Crippen LogP contribution in [0.1, 0.15) is 19.3 Å². The predicted octanol–water partition coefficient (Wildman–Crippen LogP) is 2.23. The van der Waals surface area contributed by atoms with Crippen LogP contribution in [0.2, 0.25) is 0 Å². The summed E-state index contributed by atoms with van der Waals surface area (Å²) < 4.78 is 6.73. The lowest BCUT2D eigenvalue weighted by atomic mass is 10.0. The molecule has 3 aromatic rings. The Morgan fingerprint density at radius 1 is 1.25 bits per heavy atom. The molecule has 8 nitrogen and oxygen atoms in total. The largest absolute Gasteiger partial charge is 0.384 e. The summed E-state index contributed by atoms with van der Waals surface area (Å²) in [6, 6.07) is 12.3. The van der Waals surface area contributed by atoms with Gasteiger partial charge in [0.1, 0.15) is 12.1 Å². The summed E-state index contributed by atoms with van der Waals surface area (Å²) in [6.45, 7) is 1.97. The van der Waals surface area contributed by atoms with Gasteiger partial charge >= 0.3 is 0 Å². The Kier molecular flexibility index (Phi) is 5.48. The van der Waals surface area contributed by atoms with E-state index in [4.69, 9.17) is 4.74 Å². The van der Waals surface area contributed by atoms with E-state index in [1.807, 2.05) is 41.3 Å². The Morgan fingerprint density at radius 3 is 2.79 bits per heavy atom. The lowest BCUT2D eigenvalue weighted by Gasteiger charge is -2.33. The lowest BCUT2D eigenvalue weighted by molar-refractivity contribution is -0.133. The van der Waals surface area contributed by atoms with Crippen molar-refractivity contribution in [3.05, 3.63) is 42.7 Å². The molecule has 3 heterocycles. The third kappa shape index (κ3) is 3.96. The van der Waals surface area contributed by atoms with Gasteiger partial charge in [-0.25, -0.2) is 4.98 Å². The van der Waals surface area contributed by atoms with Gasteiger partial charge in [-0.3, -0.25) is 4.79 Å². The number of hydrogen-bond acceptors (Lipinski definition) is 6. The highest BCUT2D eigenvalue weighted by Gasteiger charge is 2.23. The van der Waals surface area contributed by atoms with E-state index in [0.29, 0.717) is 18.8 Å². The molecule has 1 fully saturated rings. The molecule has 2 aromatic heterocycles. The number of carbonyl (C=O) groups is 1. The van der Waals surface area contributed by atoms with E-state index in [1.165, 1.54) is 6.33 Å². The number of nitrogens with zero attached hydrogens (tertiary/aromatic N) is 5. The van der Waals surface area contributed by atoms with Gasteiger partial charge in [-0.2, -0.15) is 14.6 Å². The summed E-state index contributed by atoms with van der Waals surface area (Å²) in [6.07, 6.45) is 3.73. The second-order valence-corrected chi connectivity index (χ2v) is 6.91. The molecule has 1 aromatic carbocycles. The van der Waals surface area contributed by atoms with Crippen molar-refractivity contribution in [3.8, 4) is 11.3 Å². The zero-order valence-electron chi connectivity index (χ0n) is 15.9. The fourth-order valence-corrected chi connectivity index (χ4v) is 3.50. The summed E-state index contributed by atoms with van der Waals surface area (Å²) in [5, 5.41) is 7.88. The first-order valence-electron chi connectivity index (χ1n) is 9.54. The lowest BCUT2D eigenvalue weighted by Crippen LogP contribution is -2.42. The maximum atomic E-state index is 12.2. The predicted molar refractivity (Wildman–Crippen MR) is 106 cm³/mol. The second-order valence-electron chi connectivity index (χ2n) is 6.91. The molecule has 1 saturated heterocycles. The van der Waals surface area contributed by atoms with Gasteiger partial charge in [-0.1, -0.05) is 30.3 Å². The fourth-order valence-electron chi connectivity index (χ4n) is 3.50. The summed E-state index contributed by atoms with van der Waals surface area (Å²) in [5.74, 6) is 1.59. The number of hydrogen-bond donors (Lipinski definition) is 1. The molecule has 0 bridgehead atoms. The molecule has 4 rings (SSSR count). The minimum Gasteiger partial charge on any atom is -0.384 e. The van der Waals surface area contributed by atoms with E-state index in [-0.39, 0.29) is 11.9 Å². The standard InChI is InChI=1S/C20H24N6O2/c1-28-12-9-19(27)25-10-7-16(8-11-25)23-18-13-17(15-5-3-2-4-6-15)24-20-21-14-22-26(18)20/h2-6,13-14,16,23H,7-12H2,1H3. The molecule has 28 heavy (non-hydrogen) atoms. The van der Waals surface area contributed by atoms with Gasteiger partial charge in [-0.05, 0) is 12.8 Å². The minimum atomic E-state index is 0.161. The van der Waals surface area contributed by atoms with Crippen LogP contribution in [0.15, 0.2) is 42.7 Å². The third-order valence-electron chi connectivity index (χ3n) is 5.04. The number of rotatable bonds is 6. The molecule has 0 spiro atoms. The zero-order chi connectivity index (χ0) is 19.3. The summed E-state index contributed by atoms with van der Waals surface area (Å²) in [7, 11) is 1.62. The zero-order valence-corrected chi connectivity index (χ0v) is 15.9. The number of benzene rings is 1. The number of likely N-dealkylation sites (tertiary alicyclic amines) is 1. The first-order chi connectivity index (χ1) is 13.7. The van der Waals surface area contributed by atoms with E-state index < -0.39 is 0 Å². The Labute approximate surface area is 163 Å². The van der Waals surface area contributed by atoms with E-state index >= 15 is 0 Å². The monoisotopic (exact) mass is 380 g/mol. The first kappa shape index (κ1) is 18.4. The summed E-state index contributed by atoms with van der Waals surface area (Å²) in [5.41, 5.74) is 1.89. The number of nitrogens with one attached hydrogen (secondary N) is 1. The number of ether oxygens (including phenoxy) is 1. The van der Waals surface area contributed by atoms with Crippen molar-refractivity contribution in [1.82, 2.24) is 24.5 Å². The normalized spacial score (nSPS) is 15.1. The molecule has 8 heteroatoms. The quantitative estimate of drug-likeness (QED) is 0.706. The molecule has 0 unspecified atom stereocenters. The van der Waals surface area contributed by atoms with Crippen LogP contribution >= 0.6 is 0 Å². The Morgan fingerprint density at radius 2 is 2.04 bits per heavy atom. The van der Waals surface area contributed by atoms with Crippen molar-refractivity contribution in [1.29, 1.82) is 0 Å². The molecule has 1 amide bonds. The number of methoxy groups -OCH3 is 1. The Balaban J connectivity index is 1.48. The van der Waals surface area contributed by atoms with Crippen LogP contribution in [0.3, 0.4) is 0 Å². The highest BCUT2D eigenvalue weighted by molar-refractivity contribution is 5.76. The third-order valence-corrected chi connectivity index (χ3v) is 5.04. The Hall–Kier alpha value is -3.00. The van der Waals surface area contributed by atoms with Crippen LogP contribution in [0.25, 0.3) is 17.0 Å². The molecule has 0 aliphatic carbocycles.